The molecule has 4 heteroatoms. The first-order valence-corrected chi connectivity index (χ1v) is 5.94. The van der Waals surface area contributed by atoms with Crippen LogP contribution in [-0.4, -0.2) is 61.7 Å². The molecule has 2 aliphatic heterocycles. The molecule has 0 aromatic heterocycles. The summed E-state index contributed by atoms with van der Waals surface area (Å²) in [5, 5.41) is 8.67. The third-order valence-electron chi connectivity index (χ3n) is 3.34. The Morgan fingerprint density at radius 3 is 2.67 bits per heavy atom. The van der Waals surface area contributed by atoms with E-state index in [-0.39, 0.29) is 6.61 Å². The second-order valence-electron chi connectivity index (χ2n) is 4.35. The lowest BCUT2D eigenvalue weighted by atomic mass is 10.1. The topological polar surface area (TPSA) is 41.9 Å². The lowest BCUT2D eigenvalue weighted by Crippen LogP contribution is -2.43. The molecule has 0 bridgehead atoms. The Morgan fingerprint density at radius 2 is 2.07 bits per heavy atom. The molecule has 0 saturated carbocycles. The van der Waals surface area contributed by atoms with E-state index in [9.17, 15) is 0 Å². The summed E-state index contributed by atoms with van der Waals surface area (Å²) in [4.78, 5) is 2.52. The van der Waals surface area contributed by atoms with Crippen molar-refractivity contribution >= 4 is 0 Å². The summed E-state index contributed by atoms with van der Waals surface area (Å²) >= 11 is 0. The van der Waals surface area contributed by atoms with Gasteiger partial charge in [-0.2, -0.15) is 0 Å². The molecule has 2 fully saturated rings. The SMILES string of the molecule is OCCOC1CCN(C2CCOC2)CC1. The number of likely N-dealkylation sites (tertiary alicyclic amines) is 1. The van der Waals surface area contributed by atoms with Crippen molar-refractivity contribution in [2.75, 3.05) is 39.5 Å². The Morgan fingerprint density at radius 1 is 1.27 bits per heavy atom. The Hall–Kier alpha value is -0.160. The molecule has 0 radical (unpaired) electrons. The van der Waals surface area contributed by atoms with Crippen LogP contribution in [0.15, 0.2) is 0 Å². The minimum absolute atomic E-state index is 0.136. The third kappa shape index (κ3) is 3.14. The van der Waals surface area contributed by atoms with Crippen molar-refractivity contribution in [2.24, 2.45) is 0 Å². The van der Waals surface area contributed by atoms with Crippen molar-refractivity contribution in [2.45, 2.75) is 31.4 Å². The van der Waals surface area contributed by atoms with E-state index in [0.717, 1.165) is 39.1 Å². The van der Waals surface area contributed by atoms with Gasteiger partial charge in [-0.1, -0.05) is 0 Å². The first-order valence-electron chi connectivity index (χ1n) is 5.94. The van der Waals surface area contributed by atoms with Gasteiger partial charge in [0.25, 0.3) is 0 Å². The highest BCUT2D eigenvalue weighted by atomic mass is 16.5. The quantitative estimate of drug-likeness (QED) is 0.730. The molecule has 0 amide bonds. The van der Waals surface area contributed by atoms with Crippen LogP contribution < -0.4 is 0 Å². The molecule has 88 valence electrons. The number of ether oxygens (including phenoxy) is 2. The zero-order valence-electron chi connectivity index (χ0n) is 9.23. The van der Waals surface area contributed by atoms with Crippen LogP contribution in [0.2, 0.25) is 0 Å². The maximum absolute atomic E-state index is 8.67. The third-order valence-corrected chi connectivity index (χ3v) is 3.34. The Balaban J connectivity index is 1.67. The molecule has 1 atom stereocenters. The molecule has 15 heavy (non-hydrogen) atoms. The van der Waals surface area contributed by atoms with Crippen LogP contribution in [-0.2, 0) is 9.47 Å². The van der Waals surface area contributed by atoms with Gasteiger partial charge in [0.1, 0.15) is 0 Å². The summed E-state index contributed by atoms with van der Waals surface area (Å²) in [7, 11) is 0. The lowest BCUT2D eigenvalue weighted by Gasteiger charge is -2.35. The second kappa shape index (κ2) is 5.80. The van der Waals surface area contributed by atoms with E-state index in [1.165, 1.54) is 6.42 Å². The van der Waals surface area contributed by atoms with Gasteiger partial charge in [-0.25, -0.2) is 0 Å². The fourth-order valence-corrected chi connectivity index (χ4v) is 2.44. The molecule has 4 nitrogen and oxygen atoms in total. The summed E-state index contributed by atoms with van der Waals surface area (Å²) < 4.78 is 10.9. The first kappa shape index (κ1) is 11.3. The molecule has 2 saturated heterocycles. The van der Waals surface area contributed by atoms with Crippen molar-refractivity contribution in [1.82, 2.24) is 4.90 Å². The monoisotopic (exact) mass is 215 g/mol. The van der Waals surface area contributed by atoms with E-state index >= 15 is 0 Å². The van der Waals surface area contributed by atoms with Crippen LogP contribution >= 0.6 is 0 Å². The zero-order chi connectivity index (χ0) is 10.5. The Labute approximate surface area is 91.2 Å². The predicted molar refractivity (Wildman–Crippen MR) is 56.9 cm³/mol. The van der Waals surface area contributed by atoms with Gasteiger partial charge in [-0.3, -0.25) is 4.90 Å². The van der Waals surface area contributed by atoms with E-state index in [0.29, 0.717) is 18.8 Å². The van der Waals surface area contributed by atoms with Gasteiger partial charge in [0, 0.05) is 25.7 Å². The van der Waals surface area contributed by atoms with Crippen molar-refractivity contribution in [1.29, 1.82) is 0 Å². The number of aliphatic hydroxyl groups is 1. The molecule has 2 aliphatic rings. The largest absolute Gasteiger partial charge is 0.394 e. The molecule has 2 rings (SSSR count). The molecular formula is C11H21NO3. The molecule has 0 aliphatic carbocycles. The smallest absolute Gasteiger partial charge is 0.0701 e. The number of piperidine rings is 1. The van der Waals surface area contributed by atoms with Crippen LogP contribution in [0, 0.1) is 0 Å². The van der Waals surface area contributed by atoms with Crippen LogP contribution in [0.4, 0.5) is 0 Å². The van der Waals surface area contributed by atoms with Crippen LogP contribution in [0.1, 0.15) is 19.3 Å². The van der Waals surface area contributed by atoms with Crippen molar-refractivity contribution in [3.63, 3.8) is 0 Å². The normalized spacial score (nSPS) is 29.8. The fourth-order valence-electron chi connectivity index (χ4n) is 2.44. The van der Waals surface area contributed by atoms with E-state index in [1.807, 2.05) is 0 Å². The maximum atomic E-state index is 8.67. The highest BCUT2D eigenvalue weighted by Gasteiger charge is 2.27. The summed E-state index contributed by atoms with van der Waals surface area (Å²) in [6.45, 7) is 4.68. The molecular weight excluding hydrogens is 194 g/mol. The standard InChI is InChI=1S/C11H21NO3/c13-6-8-15-11-1-4-12(5-2-11)10-3-7-14-9-10/h10-11,13H,1-9H2. The predicted octanol–water partition coefficient (Wildman–Crippen LogP) is 0.249. The highest BCUT2D eigenvalue weighted by Crippen LogP contribution is 2.20. The van der Waals surface area contributed by atoms with Crippen molar-refractivity contribution in [3.05, 3.63) is 0 Å². The summed E-state index contributed by atoms with van der Waals surface area (Å²) in [5.41, 5.74) is 0. The Bertz CT molecular complexity index is 175. The zero-order valence-corrected chi connectivity index (χ0v) is 9.23. The van der Waals surface area contributed by atoms with E-state index in [4.69, 9.17) is 14.6 Å². The van der Waals surface area contributed by atoms with Gasteiger partial charge in [-0.05, 0) is 19.3 Å². The molecule has 0 aromatic rings. The van der Waals surface area contributed by atoms with Gasteiger partial charge in [0.2, 0.25) is 0 Å². The molecule has 0 aromatic carbocycles. The van der Waals surface area contributed by atoms with E-state index < -0.39 is 0 Å². The average molecular weight is 215 g/mol. The van der Waals surface area contributed by atoms with Crippen molar-refractivity contribution in [3.8, 4) is 0 Å². The minimum Gasteiger partial charge on any atom is -0.394 e. The second-order valence-corrected chi connectivity index (χ2v) is 4.35. The fraction of sp³-hybridized carbons (Fsp3) is 1.00. The minimum atomic E-state index is 0.136. The van der Waals surface area contributed by atoms with Gasteiger partial charge in [-0.15, -0.1) is 0 Å². The molecule has 1 N–H and O–H groups in total. The maximum Gasteiger partial charge on any atom is 0.0701 e. The van der Waals surface area contributed by atoms with Crippen molar-refractivity contribution < 1.29 is 14.6 Å². The van der Waals surface area contributed by atoms with Gasteiger partial charge < -0.3 is 14.6 Å². The Kier molecular flexibility index (Phi) is 4.38. The number of nitrogens with zero attached hydrogens (tertiary/aromatic N) is 1. The van der Waals surface area contributed by atoms with E-state index in [1.54, 1.807) is 0 Å². The average Bonchev–Trinajstić information content (AvgIpc) is 2.80. The number of rotatable bonds is 4. The van der Waals surface area contributed by atoms with Gasteiger partial charge >= 0.3 is 0 Å². The first-order chi connectivity index (χ1) is 7.40. The molecule has 1 unspecified atom stereocenters. The molecule has 2 heterocycles. The number of hydrogen-bond acceptors (Lipinski definition) is 4. The van der Waals surface area contributed by atoms with Crippen LogP contribution in [0.5, 0.6) is 0 Å². The van der Waals surface area contributed by atoms with Gasteiger partial charge in [0.15, 0.2) is 0 Å². The van der Waals surface area contributed by atoms with Crippen LogP contribution in [0.25, 0.3) is 0 Å². The highest BCUT2D eigenvalue weighted by molar-refractivity contribution is 4.81. The summed E-state index contributed by atoms with van der Waals surface area (Å²) in [5.74, 6) is 0. The summed E-state index contributed by atoms with van der Waals surface area (Å²) in [6, 6.07) is 0.642. The molecule has 0 spiro atoms. The van der Waals surface area contributed by atoms with E-state index in [2.05, 4.69) is 4.90 Å². The lowest BCUT2D eigenvalue weighted by molar-refractivity contribution is -0.0158. The van der Waals surface area contributed by atoms with Crippen LogP contribution in [0.3, 0.4) is 0 Å². The number of aliphatic hydroxyl groups excluding tert-OH is 1. The summed E-state index contributed by atoms with van der Waals surface area (Å²) in [6.07, 6.45) is 3.73. The van der Waals surface area contributed by atoms with Gasteiger partial charge in [0.05, 0.1) is 25.9 Å². The number of hydrogen-bond donors (Lipinski definition) is 1.